The number of benzene rings is 1. The molecule has 1 aromatic heterocycles. The number of aromatic nitrogens is 2. The maximum absolute atomic E-state index is 5.93. The first-order chi connectivity index (χ1) is 9.19. The summed E-state index contributed by atoms with van der Waals surface area (Å²) in [6, 6.07) is 3.78. The fraction of sp³-hybridized carbons (Fsp3) is 0.333. The van der Waals surface area contributed by atoms with Gasteiger partial charge in [-0.05, 0) is 0 Å². The third-order valence-corrected chi connectivity index (χ3v) is 5.25. The summed E-state index contributed by atoms with van der Waals surface area (Å²) in [6.07, 6.45) is 0. The third kappa shape index (κ3) is 3.33. The zero-order chi connectivity index (χ0) is 13.8. The number of fused-ring (bicyclic) bond motifs is 1. The van der Waals surface area contributed by atoms with Crippen molar-refractivity contribution in [3.63, 3.8) is 0 Å². The van der Waals surface area contributed by atoms with Crippen molar-refractivity contribution in [3.8, 4) is 11.5 Å². The van der Waals surface area contributed by atoms with Gasteiger partial charge in [-0.15, -0.1) is 0 Å². The van der Waals surface area contributed by atoms with Gasteiger partial charge in [0.25, 0.3) is 0 Å². The van der Waals surface area contributed by atoms with Crippen LogP contribution < -0.4 is 14.1 Å². The molecule has 2 aromatic rings. The molecule has 0 saturated carbocycles. The van der Waals surface area contributed by atoms with Crippen LogP contribution >= 0.6 is 11.6 Å². The monoisotopic (exact) mass is 411 g/mol. The van der Waals surface area contributed by atoms with Crippen molar-refractivity contribution >= 4 is 54.4 Å². The second-order valence-corrected chi connectivity index (χ2v) is 6.88. The van der Waals surface area contributed by atoms with E-state index in [2.05, 4.69) is 24.2 Å². The minimum atomic E-state index is 0.113. The summed E-state index contributed by atoms with van der Waals surface area (Å²) in [4.78, 5) is 8.49. The summed E-state index contributed by atoms with van der Waals surface area (Å²) in [5.74, 6) is 1.40. The van der Waals surface area contributed by atoms with E-state index >= 15 is 0 Å². The Morgan fingerprint density at radius 2 is 1.79 bits per heavy atom. The maximum atomic E-state index is 5.93. The number of hydrogen-bond acceptors (Lipinski definition) is 4. The summed E-state index contributed by atoms with van der Waals surface area (Å²) < 4.78 is 12.1. The summed E-state index contributed by atoms with van der Waals surface area (Å²) in [5, 5.41) is 1.21. The van der Waals surface area contributed by atoms with Crippen molar-refractivity contribution in [1.82, 2.24) is 9.97 Å². The van der Waals surface area contributed by atoms with Crippen LogP contribution in [0.2, 0.25) is 5.28 Å². The zero-order valence-electron chi connectivity index (χ0n) is 10.5. The van der Waals surface area contributed by atoms with Crippen molar-refractivity contribution in [3.05, 3.63) is 17.4 Å². The van der Waals surface area contributed by atoms with Crippen LogP contribution in [0.3, 0.4) is 0 Å². The Morgan fingerprint density at radius 1 is 1.16 bits per heavy atom. The summed E-state index contributed by atoms with van der Waals surface area (Å²) in [6.45, 7) is 5.03. The van der Waals surface area contributed by atoms with Crippen molar-refractivity contribution < 1.29 is 9.47 Å². The molecular formula is C12H12ClN2O2Se2. The Labute approximate surface area is 129 Å². The fourth-order valence-corrected chi connectivity index (χ4v) is 4.15. The molecule has 0 unspecified atom stereocenters. The molecule has 1 radical (unpaired) electrons. The van der Waals surface area contributed by atoms with Gasteiger partial charge in [0.15, 0.2) is 0 Å². The second-order valence-electron chi connectivity index (χ2n) is 3.56. The van der Waals surface area contributed by atoms with E-state index in [9.17, 15) is 0 Å². The summed E-state index contributed by atoms with van der Waals surface area (Å²) >= 11 is 9.06. The Bertz CT molecular complexity index is 595. The topological polar surface area (TPSA) is 44.2 Å². The van der Waals surface area contributed by atoms with E-state index < -0.39 is 0 Å². The van der Waals surface area contributed by atoms with Gasteiger partial charge in [-0.2, -0.15) is 0 Å². The average Bonchev–Trinajstić information content (AvgIpc) is 2.39. The molecule has 2 rings (SSSR count). The number of hydrogen-bond donors (Lipinski definition) is 0. The van der Waals surface area contributed by atoms with Crippen molar-refractivity contribution in [2.45, 2.75) is 13.8 Å². The van der Waals surface area contributed by atoms with Gasteiger partial charge in [0.1, 0.15) is 0 Å². The number of ether oxygens (including phenoxy) is 2. The van der Waals surface area contributed by atoms with Crippen LogP contribution in [0.4, 0.5) is 0 Å². The van der Waals surface area contributed by atoms with Crippen LogP contribution in [0.5, 0.6) is 11.5 Å². The normalized spacial score (nSPS) is 10.7. The van der Waals surface area contributed by atoms with Crippen molar-refractivity contribution in [2.24, 2.45) is 0 Å². The minimum absolute atomic E-state index is 0.113. The Kier molecular flexibility index (Phi) is 5.31. The van der Waals surface area contributed by atoms with Crippen LogP contribution in [0.1, 0.15) is 13.8 Å². The van der Waals surface area contributed by atoms with Gasteiger partial charge < -0.3 is 0 Å². The molecule has 7 heteroatoms. The van der Waals surface area contributed by atoms with Crippen LogP contribution in [0.15, 0.2) is 12.1 Å². The first-order valence-corrected chi connectivity index (χ1v) is 11.3. The molecule has 1 aromatic carbocycles. The Balaban J connectivity index is 2.65. The average molecular weight is 410 g/mol. The third-order valence-electron chi connectivity index (χ3n) is 2.38. The standard InChI is InChI=1S/C12H12ClN2O2Se2/c1-3-16-9-5-7-8(6-10(9)17-4-2)14-12(13)15-11(7)19-18/h5-6H,3-4H2,1-2H3. The predicted molar refractivity (Wildman–Crippen MR) is 78.0 cm³/mol. The van der Waals surface area contributed by atoms with Crippen LogP contribution in [-0.4, -0.2) is 50.5 Å². The van der Waals surface area contributed by atoms with Gasteiger partial charge in [-0.3, -0.25) is 0 Å². The molecule has 0 aliphatic carbocycles. The van der Waals surface area contributed by atoms with E-state index in [0.29, 0.717) is 24.7 Å². The quantitative estimate of drug-likeness (QED) is 0.555. The van der Waals surface area contributed by atoms with Crippen LogP contribution in [0.25, 0.3) is 10.9 Å². The van der Waals surface area contributed by atoms with E-state index in [1.807, 2.05) is 26.0 Å². The van der Waals surface area contributed by atoms with E-state index in [0.717, 1.165) is 15.5 Å². The van der Waals surface area contributed by atoms with E-state index in [1.165, 1.54) is 0 Å². The Hall–Kier alpha value is -0.511. The Morgan fingerprint density at radius 3 is 2.37 bits per heavy atom. The first-order valence-electron chi connectivity index (χ1n) is 5.76. The molecule has 0 spiro atoms. The van der Waals surface area contributed by atoms with Gasteiger partial charge in [0, 0.05) is 0 Å². The molecule has 0 aliphatic heterocycles. The van der Waals surface area contributed by atoms with Gasteiger partial charge >= 0.3 is 130 Å². The molecule has 4 nitrogen and oxygen atoms in total. The molecule has 0 atom stereocenters. The van der Waals surface area contributed by atoms with Gasteiger partial charge in [-0.1, -0.05) is 0 Å². The zero-order valence-corrected chi connectivity index (χ0v) is 14.7. The van der Waals surface area contributed by atoms with Crippen LogP contribution in [-0.2, 0) is 0 Å². The van der Waals surface area contributed by atoms with E-state index in [4.69, 9.17) is 21.1 Å². The number of nitrogens with zero attached hydrogens (tertiary/aromatic N) is 2. The fourth-order valence-electron chi connectivity index (χ4n) is 1.68. The molecule has 1 heterocycles. The molecular weight excluding hydrogens is 398 g/mol. The summed E-state index contributed by atoms with van der Waals surface area (Å²) in [7, 11) is 0. The molecule has 0 saturated heterocycles. The molecule has 101 valence electrons. The van der Waals surface area contributed by atoms with Crippen molar-refractivity contribution in [2.75, 3.05) is 13.2 Å². The molecule has 0 fully saturated rings. The molecule has 0 N–H and O–H groups in total. The van der Waals surface area contributed by atoms with Crippen LogP contribution in [0, 0.1) is 0 Å². The number of rotatable bonds is 5. The first kappa shape index (κ1) is 14.9. The molecule has 0 bridgehead atoms. The molecule has 0 amide bonds. The van der Waals surface area contributed by atoms with Crippen molar-refractivity contribution in [1.29, 1.82) is 0 Å². The predicted octanol–water partition coefficient (Wildman–Crippen LogP) is 1.49. The SMILES string of the molecule is CCOc1cc2nc(Cl)nc([Se][Se])c2cc1OCC. The number of halogens is 1. The van der Waals surface area contributed by atoms with Gasteiger partial charge in [0.2, 0.25) is 0 Å². The van der Waals surface area contributed by atoms with Gasteiger partial charge in [0.05, 0.1) is 0 Å². The van der Waals surface area contributed by atoms with Gasteiger partial charge in [-0.25, -0.2) is 0 Å². The molecule has 0 aliphatic rings. The molecule has 19 heavy (non-hydrogen) atoms. The van der Waals surface area contributed by atoms with E-state index in [1.54, 1.807) is 0 Å². The second kappa shape index (κ2) is 6.78. The van der Waals surface area contributed by atoms with E-state index in [-0.39, 0.29) is 18.4 Å². The summed E-state index contributed by atoms with van der Waals surface area (Å²) in [5.41, 5.74) is 0.777.